The van der Waals surface area contributed by atoms with Gasteiger partial charge >= 0.3 is 5.97 Å². The van der Waals surface area contributed by atoms with Crippen LogP contribution in [0, 0.1) is 6.92 Å². The second-order valence-corrected chi connectivity index (χ2v) is 3.93. The number of aromatic amines is 1. The molecule has 0 radical (unpaired) electrons. The fourth-order valence-corrected chi connectivity index (χ4v) is 1.49. The van der Waals surface area contributed by atoms with Crippen LogP contribution in [0.5, 0.6) is 5.75 Å². The highest BCUT2D eigenvalue weighted by Gasteiger charge is 2.13. The molecule has 1 aromatic heterocycles. The summed E-state index contributed by atoms with van der Waals surface area (Å²) in [5.41, 5.74) is 0.850. The van der Waals surface area contributed by atoms with E-state index in [0.717, 1.165) is 0 Å². The monoisotopic (exact) mass is 261 g/mol. The van der Waals surface area contributed by atoms with Gasteiger partial charge in [0.15, 0.2) is 5.69 Å². The van der Waals surface area contributed by atoms with Crippen LogP contribution in [0.25, 0.3) is 0 Å². The Balaban J connectivity index is 2.25. The topological polar surface area (TPSA) is 115 Å². The van der Waals surface area contributed by atoms with Crippen molar-refractivity contribution in [3.8, 4) is 5.75 Å². The Morgan fingerprint density at radius 3 is 2.63 bits per heavy atom. The molecule has 4 N–H and O–H groups in total. The quantitative estimate of drug-likeness (QED) is 0.623. The number of aryl methyl sites for hydroxylation is 1. The molecule has 0 fully saturated rings. The van der Waals surface area contributed by atoms with Crippen molar-refractivity contribution in [1.82, 2.24) is 10.2 Å². The van der Waals surface area contributed by atoms with Crippen LogP contribution in [0.1, 0.15) is 26.5 Å². The molecule has 19 heavy (non-hydrogen) atoms. The average Bonchev–Trinajstić information content (AvgIpc) is 2.78. The maximum atomic E-state index is 11.8. The molecule has 0 unspecified atom stereocenters. The number of phenols is 1. The number of hydrogen-bond donors (Lipinski definition) is 4. The smallest absolute Gasteiger partial charge is 0.335 e. The summed E-state index contributed by atoms with van der Waals surface area (Å²) in [6.45, 7) is 1.74. The predicted molar refractivity (Wildman–Crippen MR) is 66.3 cm³/mol. The van der Waals surface area contributed by atoms with Gasteiger partial charge in [-0.2, -0.15) is 5.10 Å². The van der Waals surface area contributed by atoms with Crippen LogP contribution in [0.3, 0.4) is 0 Å². The van der Waals surface area contributed by atoms with Crippen molar-refractivity contribution in [2.24, 2.45) is 0 Å². The molecular formula is C12H11N3O4. The van der Waals surface area contributed by atoms with E-state index >= 15 is 0 Å². The highest BCUT2D eigenvalue weighted by molar-refractivity contribution is 6.04. The maximum Gasteiger partial charge on any atom is 0.335 e. The number of aromatic carboxylic acids is 1. The third-order valence-corrected chi connectivity index (χ3v) is 2.43. The van der Waals surface area contributed by atoms with E-state index in [1.54, 1.807) is 6.92 Å². The van der Waals surface area contributed by atoms with E-state index in [9.17, 15) is 14.7 Å². The number of phenolic OH excluding ortho intramolecular Hbond substituents is 1. The van der Waals surface area contributed by atoms with E-state index in [1.165, 1.54) is 24.3 Å². The van der Waals surface area contributed by atoms with Gasteiger partial charge in [0.25, 0.3) is 5.91 Å². The fraction of sp³-hybridized carbons (Fsp3) is 0.0833. The molecule has 1 amide bonds. The number of hydrogen-bond acceptors (Lipinski definition) is 4. The number of amides is 1. The molecule has 2 aromatic rings. The summed E-state index contributed by atoms with van der Waals surface area (Å²) in [4.78, 5) is 22.6. The Bertz CT molecular complexity index is 648. The lowest BCUT2D eigenvalue weighted by Gasteiger charge is -2.06. The average molecular weight is 261 g/mol. The van der Waals surface area contributed by atoms with Gasteiger partial charge in [-0.15, -0.1) is 0 Å². The van der Waals surface area contributed by atoms with Crippen molar-refractivity contribution in [2.45, 2.75) is 6.92 Å². The number of benzene rings is 1. The lowest BCUT2D eigenvalue weighted by molar-refractivity contribution is 0.0696. The molecule has 1 aromatic carbocycles. The molecule has 0 atom stereocenters. The number of carbonyl (C=O) groups excluding carboxylic acids is 1. The number of nitrogens with one attached hydrogen (secondary N) is 2. The summed E-state index contributed by atoms with van der Waals surface area (Å²) >= 11 is 0. The lowest BCUT2D eigenvalue weighted by atomic mass is 10.2. The summed E-state index contributed by atoms with van der Waals surface area (Å²) in [5.74, 6) is -1.90. The number of carboxylic acids is 1. The van der Waals surface area contributed by atoms with E-state index in [0.29, 0.717) is 5.69 Å². The third-order valence-electron chi connectivity index (χ3n) is 2.43. The standard InChI is InChI=1S/C12H11N3O4/c1-6-4-9(15-14-6)11(17)13-8-5-7(12(18)19)2-3-10(8)16/h2-5,16H,1H3,(H,13,17)(H,14,15)(H,18,19). The Hall–Kier alpha value is -2.83. The van der Waals surface area contributed by atoms with Crippen molar-refractivity contribution in [1.29, 1.82) is 0 Å². The minimum atomic E-state index is -1.15. The molecule has 7 nitrogen and oxygen atoms in total. The van der Waals surface area contributed by atoms with Gasteiger partial charge < -0.3 is 15.5 Å². The number of rotatable bonds is 3. The van der Waals surface area contributed by atoms with Crippen LogP contribution in [0.2, 0.25) is 0 Å². The summed E-state index contributed by atoms with van der Waals surface area (Å²) in [6, 6.07) is 5.16. The number of carboxylic acid groups (broad SMARTS) is 1. The molecule has 0 saturated carbocycles. The molecule has 0 bridgehead atoms. The molecule has 2 rings (SSSR count). The van der Waals surface area contributed by atoms with E-state index in [4.69, 9.17) is 5.11 Å². The lowest BCUT2D eigenvalue weighted by Crippen LogP contribution is -2.13. The molecule has 0 aliphatic heterocycles. The normalized spacial score (nSPS) is 10.2. The van der Waals surface area contributed by atoms with Gasteiger partial charge in [-0.05, 0) is 31.2 Å². The Labute approximate surface area is 107 Å². The van der Waals surface area contributed by atoms with Crippen LogP contribution in [-0.4, -0.2) is 32.3 Å². The Morgan fingerprint density at radius 2 is 2.05 bits per heavy atom. The van der Waals surface area contributed by atoms with Gasteiger partial charge in [0, 0.05) is 5.69 Å². The summed E-state index contributed by atoms with van der Waals surface area (Å²) in [7, 11) is 0. The minimum absolute atomic E-state index is 0.0190. The SMILES string of the molecule is Cc1cc(C(=O)Nc2cc(C(=O)O)ccc2O)n[nH]1. The molecule has 7 heteroatoms. The first-order valence-electron chi connectivity index (χ1n) is 5.37. The second-order valence-electron chi connectivity index (χ2n) is 3.93. The van der Waals surface area contributed by atoms with Crippen molar-refractivity contribution < 1.29 is 19.8 Å². The first-order valence-corrected chi connectivity index (χ1v) is 5.37. The van der Waals surface area contributed by atoms with Crippen LogP contribution < -0.4 is 5.32 Å². The number of H-pyrrole nitrogens is 1. The maximum absolute atomic E-state index is 11.8. The van der Waals surface area contributed by atoms with Gasteiger partial charge in [-0.3, -0.25) is 9.89 Å². The number of anilines is 1. The van der Waals surface area contributed by atoms with E-state index in [2.05, 4.69) is 15.5 Å². The zero-order chi connectivity index (χ0) is 14.0. The van der Waals surface area contributed by atoms with Crippen molar-refractivity contribution in [2.75, 3.05) is 5.32 Å². The summed E-state index contributed by atoms with van der Waals surface area (Å²) < 4.78 is 0. The molecule has 0 aliphatic carbocycles. The second kappa shape index (κ2) is 4.81. The van der Waals surface area contributed by atoms with Crippen LogP contribution >= 0.6 is 0 Å². The van der Waals surface area contributed by atoms with Crippen molar-refractivity contribution in [3.05, 3.63) is 41.2 Å². The zero-order valence-corrected chi connectivity index (χ0v) is 9.97. The molecule has 0 aliphatic rings. The Kier molecular flexibility index (Phi) is 3.19. The first kappa shape index (κ1) is 12.6. The van der Waals surface area contributed by atoms with Gasteiger partial charge in [0.05, 0.1) is 11.3 Å². The fourth-order valence-electron chi connectivity index (χ4n) is 1.49. The molecule has 0 saturated heterocycles. The number of aromatic hydroxyl groups is 1. The molecule has 1 heterocycles. The number of carbonyl (C=O) groups is 2. The number of aromatic nitrogens is 2. The van der Waals surface area contributed by atoms with Crippen LogP contribution in [-0.2, 0) is 0 Å². The van der Waals surface area contributed by atoms with Gasteiger partial charge in [0.2, 0.25) is 0 Å². The largest absolute Gasteiger partial charge is 0.506 e. The highest BCUT2D eigenvalue weighted by atomic mass is 16.4. The molecule has 98 valence electrons. The predicted octanol–water partition coefficient (Wildman–Crippen LogP) is 1.37. The Morgan fingerprint density at radius 1 is 1.32 bits per heavy atom. The number of nitrogens with zero attached hydrogens (tertiary/aromatic N) is 1. The summed E-state index contributed by atoms with van der Waals surface area (Å²) in [5, 5.41) is 27.2. The van der Waals surface area contributed by atoms with E-state index in [1.807, 2.05) is 0 Å². The molecule has 0 spiro atoms. The van der Waals surface area contributed by atoms with Crippen molar-refractivity contribution >= 4 is 17.6 Å². The summed E-state index contributed by atoms with van der Waals surface area (Å²) in [6.07, 6.45) is 0. The first-order chi connectivity index (χ1) is 8.97. The zero-order valence-electron chi connectivity index (χ0n) is 9.97. The molecular weight excluding hydrogens is 250 g/mol. The third kappa shape index (κ3) is 2.71. The van der Waals surface area contributed by atoms with E-state index < -0.39 is 11.9 Å². The van der Waals surface area contributed by atoms with Crippen molar-refractivity contribution in [3.63, 3.8) is 0 Å². The van der Waals surface area contributed by atoms with Crippen LogP contribution in [0.4, 0.5) is 5.69 Å². The van der Waals surface area contributed by atoms with E-state index in [-0.39, 0.29) is 22.7 Å². The highest BCUT2D eigenvalue weighted by Crippen LogP contribution is 2.24. The van der Waals surface area contributed by atoms with Crippen LogP contribution in [0.15, 0.2) is 24.3 Å². The van der Waals surface area contributed by atoms with Gasteiger partial charge in [0.1, 0.15) is 5.75 Å². The van der Waals surface area contributed by atoms with Gasteiger partial charge in [-0.25, -0.2) is 4.79 Å². The van der Waals surface area contributed by atoms with Gasteiger partial charge in [-0.1, -0.05) is 0 Å². The minimum Gasteiger partial charge on any atom is -0.506 e.